The number of rotatable bonds is 11. The minimum Gasteiger partial charge on any atom is -0.481 e. The molecule has 0 aliphatic carbocycles. The Morgan fingerprint density at radius 1 is 1.11 bits per heavy atom. The average Bonchev–Trinajstić information content (AvgIpc) is 2.79. The molecule has 1 aromatic heterocycles. The number of pyridine rings is 1. The average molecular weight is 515 g/mol. The smallest absolute Gasteiger partial charge is 0.305 e. The minimum absolute atomic E-state index is 0.00125. The fourth-order valence-corrected chi connectivity index (χ4v) is 3.16. The van der Waals surface area contributed by atoms with Crippen LogP contribution in [-0.2, 0) is 19.2 Å². The number of carbonyl (C=O) groups excluding carboxylic acids is 3. The second-order valence-electron chi connectivity index (χ2n) is 7.45. The molecule has 0 bridgehead atoms. The Hall–Kier alpha value is -4.23. The van der Waals surface area contributed by atoms with E-state index < -0.39 is 83.3 Å². The summed E-state index contributed by atoms with van der Waals surface area (Å²) in [6.45, 7) is 1.44. The zero-order chi connectivity index (χ0) is 27.2. The van der Waals surface area contributed by atoms with Gasteiger partial charge < -0.3 is 25.0 Å². The van der Waals surface area contributed by atoms with Crippen molar-refractivity contribution >= 4 is 29.3 Å². The monoisotopic (exact) mass is 515 g/mol. The first-order valence-corrected chi connectivity index (χ1v) is 10.4. The lowest BCUT2D eigenvalue weighted by molar-refractivity contribution is -0.140. The number of nitrogens with one attached hydrogen (secondary N) is 2. The van der Waals surface area contributed by atoms with Crippen LogP contribution in [0.3, 0.4) is 0 Å². The molecule has 10 nitrogen and oxygen atoms in total. The molecule has 1 aromatic carbocycles. The number of ketones is 1. The van der Waals surface area contributed by atoms with E-state index in [1.165, 1.54) is 32.2 Å². The molecule has 0 saturated heterocycles. The van der Waals surface area contributed by atoms with E-state index in [2.05, 4.69) is 15.4 Å². The van der Waals surface area contributed by atoms with Crippen LogP contribution in [0.5, 0.6) is 5.75 Å². The van der Waals surface area contributed by atoms with Crippen LogP contribution in [0, 0.1) is 23.3 Å². The van der Waals surface area contributed by atoms with Gasteiger partial charge >= 0.3 is 5.97 Å². The van der Waals surface area contributed by atoms with Gasteiger partial charge in [0.2, 0.25) is 23.4 Å². The summed E-state index contributed by atoms with van der Waals surface area (Å²) in [6, 6.07) is -0.434. The third kappa shape index (κ3) is 6.67. The third-order valence-corrected chi connectivity index (χ3v) is 4.82. The molecule has 0 aliphatic heterocycles. The topological polar surface area (TPSA) is 144 Å². The number of halogens is 4. The van der Waals surface area contributed by atoms with E-state index in [-0.39, 0.29) is 18.2 Å². The van der Waals surface area contributed by atoms with E-state index >= 15 is 0 Å². The second kappa shape index (κ2) is 12.0. The summed E-state index contributed by atoms with van der Waals surface area (Å²) in [5.41, 5.74) is -0.882. The van der Waals surface area contributed by atoms with Crippen molar-refractivity contribution in [1.82, 2.24) is 9.88 Å². The zero-order valence-corrected chi connectivity index (χ0v) is 18.9. The van der Waals surface area contributed by atoms with E-state index in [9.17, 15) is 41.5 Å². The van der Waals surface area contributed by atoms with E-state index in [0.717, 1.165) is 4.57 Å². The summed E-state index contributed by atoms with van der Waals surface area (Å²) in [5, 5.41) is 13.6. The highest BCUT2D eigenvalue weighted by molar-refractivity contribution is 5.93. The number of Topliss-reactive ketones (excluding diaryl/α,β-unsaturated/α-hetero) is 1. The van der Waals surface area contributed by atoms with Gasteiger partial charge in [-0.25, -0.2) is 8.78 Å². The van der Waals surface area contributed by atoms with Gasteiger partial charge in [0.15, 0.2) is 23.2 Å². The number of nitrogens with zero attached hydrogens (tertiary/aromatic N) is 1. The molecule has 2 aromatic rings. The number of amides is 2. The number of aromatic nitrogens is 1. The van der Waals surface area contributed by atoms with Gasteiger partial charge in [-0.3, -0.25) is 24.0 Å². The fourth-order valence-electron chi connectivity index (χ4n) is 3.16. The summed E-state index contributed by atoms with van der Waals surface area (Å²) < 4.78 is 59.7. The SMILES string of the molecule is CCC(C(=O)NC(CC(=O)O)C(=O)COc1c(F)c(F)cc(F)c1F)n1cccc(NC(C)=O)c1=O. The summed E-state index contributed by atoms with van der Waals surface area (Å²) in [6.07, 6.45) is 0.259. The summed E-state index contributed by atoms with van der Waals surface area (Å²) >= 11 is 0. The first-order chi connectivity index (χ1) is 16.9. The van der Waals surface area contributed by atoms with Gasteiger partial charge in [-0.2, -0.15) is 8.78 Å². The van der Waals surface area contributed by atoms with E-state index in [0.29, 0.717) is 0 Å². The van der Waals surface area contributed by atoms with Crippen LogP contribution < -0.4 is 20.9 Å². The maximum atomic E-state index is 13.8. The number of carbonyl (C=O) groups is 4. The molecule has 3 N–H and O–H groups in total. The minimum atomic E-state index is -1.91. The molecule has 14 heteroatoms. The standard InChI is InChI=1S/C22H21F4N3O7/c1-3-15(29-6-4-5-13(22(29)35)27-10(2)30)21(34)28-14(8-17(32)33)16(31)9-36-20-18(25)11(23)7-12(24)19(20)26/h4-7,14-15H,3,8-9H2,1-2H3,(H,27,30)(H,28,34)(H,32,33). The Kier molecular flexibility index (Phi) is 9.30. The largest absolute Gasteiger partial charge is 0.481 e. The number of aliphatic carboxylic acids is 1. The number of carboxylic acid groups (broad SMARTS) is 1. The highest BCUT2D eigenvalue weighted by Gasteiger charge is 2.30. The van der Waals surface area contributed by atoms with Crippen LogP contribution in [0.15, 0.2) is 29.2 Å². The molecule has 2 amide bonds. The maximum absolute atomic E-state index is 13.8. The number of benzene rings is 1. The lowest BCUT2D eigenvalue weighted by Gasteiger charge is -2.22. The molecule has 0 radical (unpaired) electrons. The first-order valence-electron chi connectivity index (χ1n) is 10.4. The van der Waals surface area contributed by atoms with Gasteiger partial charge in [-0.1, -0.05) is 6.92 Å². The van der Waals surface area contributed by atoms with Crippen molar-refractivity contribution in [3.63, 3.8) is 0 Å². The predicted octanol–water partition coefficient (Wildman–Crippen LogP) is 1.92. The molecule has 0 saturated carbocycles. The van der Waals surface area contributed by atoms with E-state index in [4.69, 9.17) is 5.11 Å². The number of carboxylic acids is 1. The number of hydrogen-bond donors (Lipinski definition) is 3. The molecule has 1 heterocycles. The van der Waals surface area contributed by atoms with Crippen molar-refractivity contribution in [3.8, 4) is 5.75 Å². The summed E-state index contributed by atoms with van der Waals surface area (Å²) in [5.74, 6) is -13.2. The fraction of sp³-hybridized carbons (Fsp3) is 0.318. The maximum Gasteiger partial charge on any atom is 0.305 e. The quantitative estimate of drug-likeness (QED) is 0.306. The van der Waals surface area contributed by atoms with Crippen LogP contribution in [0.1, 0.15) is 32.7 Å². The van der Waals surface area contributed by atoms with Gasteiger partial charge in [0, 0.05) is 19.2 Å². The van der Waals surface area contributed by atoms with Crippen molar-refractivity contribution in [2.45, 2.75) is 38.8 Å². The van der Waals surface area contributed by atoms with Crippen molar-refractivity contribution in [2.75, 3.05) is 11.9 Å². The normalized spacial score (nSPS) is 12.4. The highest BCUT2D eigenvalue weighted by atomic mass is 19.2. The van der Waals surface area contributed by atoms with Gasteiger partial charge in [-0.15, -0.1) is 0 Å². The lowest BCUT2D eigenvalue weighted by atomic mass is 10.1. The van der Waals surface area contributed by atoms with Crippen LogP contribution in [0.4, 0.5) is 23.2 Å². The summed E-state index contributed by atoms with van der Waals surface area (Å²) in [7, 11) is 0. The van der Waals surface area contributed by atoms with Crippen LogP contribution in [0.25, 0.3) is 0 Å². The highest BCUT2D eigenvalue weighted by Crippen LogP contribution is 2.26. The molecule has 2 unspecified atom stereocenters. The van der Waals surface area contributed by atoms with Crippen molar-refractivity contribution in [2.24, 2.45) is 0 Å². The molecule has 2 rings (SSSR count). The van der Waals surface area contributed by atoms with Gasteiger partial charge in [0.05, 0.1) is 6.42 Å². The van der Waals surface area contributed by atoms with E-state index in [1.54, 1.807) is 0 Å². The van der Waals surface area contributed by atoms with E-state index in [1.807, 2.05) is 0 Å². The molecule has 0 aliphatic rings. The number of ether oxygens (including phenoxy) is 1. The third-order valence-electron chi connectivity index (χ3n) is 4.82. The Morgan fingerprint density at radius 3 is 2.25 bits per heavy atom. The molecule has 194 valence electrons. The molecular weight excluding hydrogens is 494 g/mol. The Labute approximate surface area is 200 Å². The van der Waals surface area contributed by atoms with Crippen molar-refractivity contribution in [3.05, 3.63) is 58.0 Å². The van der Waals surface area contributed by atoms with Crippen LogP contribution >= 0.6 is 0 Å². The Balaban J connectivity index is 2.26. The van der Waals surface area contributed by atoms with Crippen molar-refractivity contribution < 1.29 is 46.6 Å². The molecular formula is C22H21F4N3O7. The Morgan fingerprint density at radius 2 is 1.72 bits per heavy atom. The van der Waals surface area contributed by atoms with Gasteiger partial charge in [-0.05, 0) is 18.6 Å². The second-order valence-corrected chi connectivity index (χ2v) is 7.45. The Bertz CT molecular complexity index is 1220. The van der Waals surface area contributed by atoms with Gasteiger partial charge in [0.25, 0.3) is 5.56 Å². The van der Waals surface area contributed by atoms with Crippen LogP contribution in [0.2, 0.25) is 0 Å². The van der Waals surface area contributed by atoms with Crippen LogP contribution in [-0.4, -0.2) is 45.9 Å². The number of anilines is 1. The molecule has 0 spiro atoms. The molecule has 36 heavy (non-hydrogen) atoms. The zero-order valence-electron chi connectivity index (χ0n) is 18.9. The van der Waals surface area contributed by atoms with Gasteiger partial charge in [0.1, 0.15) is 24.4 Å². The lowest BCUT2D eigenvalue weighted by Crippen LogP contribution is -2.48. The first kappa shape index (κ1) is 28.0. The van der Waals surface area contributed by atoms with Crippen molar-refractivity contribution in [1.29, 1.82) is 0 Å². The molecule has 0 fully saturated rings. The summed E-state index contributed by atoms with van der Waals surface area (Å²) in [4.78, 5) is 60.5. The predicted molar refractivity (Wildman–Crippen MR) is 115 cm³/mol. The number of hydrogen-bond acceptors (Lipinski definition) is 6. The molecule has 2 atom stereocenters.